The fraction of sp³-hybridized carbons (Fsp3) is 0.667. The average molecular weight is 291 g/mol. The Bertz CT molecular complexity index is 503. The molecule has 1 aliphatic heterocycles. The number of hydrogen-bond acceptors (Lipinski definition) is 5. The van der Waals surface area contributed by atoms with Crippen molar-refractivity contribution in [3.05, 3.63) is 12.4 Å². The molecule has 0 radical (unpaired) electrons. The topological polar surface area (TPSA) is 75.5 Å². The Balaban J connectivity index is 1.71. The van der Waals surface area contributed by atoms with Crippen LogP contribution in [0, 0.1) is 0 Å². The van der Waals surface area contributed by atoms with Crippen LogP contribution < -0.4 is 9.64 Å². The summed E-state index contributed by atoms with van der Waals surface area (Å²) in [6.07, 6.45) is 10.8. The largest absolute Gasteiger partial charge is 0.480 e. The molecule has 1 saturated carbocycles. The molecule has 3 rings (SSSR count). The third-order valence-electron chi connectivity index (χ3n) is 4.27. The van der Waals surface area contributed by atoms with Crippen LogP contribution in [0.25, 0.3) is 0 Å². The van der Waals surface area contributed by atoms with Gasteiger partial charge in [-0.2, -0.15) is 4.98 Å². The molecule has 114 valence electrons. The molecule has 2 heterocycles. The van der Waals surface area contributed by atoms with E-state index >= 15 is 0 Å². The Labute approximate surface area is 124 Å². The van der Waals surface area contributed by atoms with E-state index in [1.54, 1.807) is 12.4 Å². The summed E-state index contributed by atoms with van der Waals surface area (Å²) in [7, 11) is 0. The second-order valence-corrected chi connectivity index (χ2v) is 5.78. The van der Waals surface area contributed by atoms with E-state index in [0.29, 0.717) is 24.7 Å². The molecule has 1 aliphatic carbocycles. The first-order valence-electron chi connectivity index (χ1n) is 7.72. The number of aliphatic carboxylic acids is 1. The fourth-order valence-electron chi connectivity index (χ4n) is 3.18. The van der Waals surface area contributed by atoms with E-state index in [-0.39, 0.29) is 6.10 Å². The molecule has 1 saturated heterocycles. The van der Waals surface area contributed by atoms with Gasteiger partial charge in [0.2, 0.25) is 5.88 Å². The SMILES string of the molecule is O=C(O)[C@@H]1CCCN1c1cncc(OC2CCCCC2)n1. The van der Waals surface area contributed by atoms with Crippen molar-refractivity contribution in [2.24, 2.45) is 0 Å². The molecule has 0 amide bonds. The zero-order chi connectivity index (χ0) is 14.7. The van der Waals surface area contributed by atoms with E-state index in [4.69, 9.17) is 4.74 Å². The van der Waals surface area contributed by atoms with Gasteiger partial charge in [-0.25, -0.2) is 4.79 Å². The molecule has 21 heavy (non-hydrogen) atoms. The summed E-state index contributed by atoms with van der Waals surface area (Å²) in [5.74, 6) is 0.316. The van der Waals surface area contributed by atoms with Crippen molar-refractivity contribution in [2.75, 3.05) is 11.4 Å². The molecule has 2 fully saturated rings. The summed E-state index contributed by atoms with van der Waals surface area (Å²) in [5.41, 5.74) is 0. The molecule has 1 atom stereocenters. The maximum atomic E-state index is 11.3. The Morgan fingerprint density at radius 3 is 2.76 bits per heavy atom. The minimum absolute atomic E-state index is 0.220. The van der Waals surface area contributed by atoms with E-state index in [1.807, 2.05) is 4.90 Å². The van der Waals surface area contributed by atoms with Gasteiger partial charge in [0, 0.05) is 6.54 Å². The molecule has 0 spiro atoms. The van der Waals surface area contributed by atoms with Crippen LogP contribution >= 0.6 is 0 Å². The number of rotatable bonds is 4. The number of nitrogens with zero attached hydrogens (tertiary/aromatic N) is 3. The smallest absolute Gasteiger partial charge is 0.326 e. The third kappa shape index (κ3) is 3.25. The number of carboxylic acid groups (broad SMARTS) is 1. The van der Waals surface area contributed by atoms with E-state index in [9.17, 15) is 9.90 Å². The summed E-state index contributed by atoms with van der Waals surface area (Å²) in [6, 6.07) is -0.496. The minimum Gasteiger partial charge on any atom is -0.480 e. The predicted molar refractivity (Wildman–Crippen MR) is 77.5 cm³/mol. The first kappa shape index (κ1) is 14.1. The molecule has 0 aromatic carbocycles. The molecule has 6 heteroatoms. The third-order valence-corrected chi connectivity index (χ3v) is 4.27. The van der Waals surface area contributed by atoms with Crippen LogP contribution in [-0.4, -0.2) is 39.7 Å². The molecule has 2 aliphatic rings. The zero-order valence-electron chi connectivity index (χ0n) is 12.1. The van der Waals surface area contributed by atoms with Crippen molar-refractivity contribution >= 4 is 11.8 Å². The van der Waals surface area contributed by atoms with Gasteiger partial charge in [-0.1, -0.05) is 6.42 Å². The zero-order valence-corrected chi connectivity index (χ0v) is 12.1. The molecular formula is C15H21N3O3. The highest BCUT2D eigenvalue weighted by Crippen LogP contribution is 2.26. The summed E-state index contributed by atoms with van der Waals surface area (Å²) < 4.78 is 5.90. The number of ether oxygens (including phenoxy) is 1. The summed E-state index contributed by atoms with van der Waals surface area (Å²) in [4.78, 5) is 21.7. The van der Waals surface area contributed by atoms with E-state index in [0.717, 1.165) is 19.3 Å². The molecule has 6 nitrogen and oxygen atoms in total. The lowest BCUT2D eigenvalue weighted by atomic mass is 9.98. The Kier molecular flexibility index (Phi) is 4.22. The van der Waals surface area contributed by atoms with Gasteiger partial charge in [-0.05, 0) is 38.5 Å². The second kappa shape index (κ2) is 6.28. The van der Waals surface area contributed by atoms with Crippen LogP contribution in [0.4, 0.5) is 5.82 Å². The average Bonchev–Trinajstić information content (AvgIpc) is 2.98. The summed E-state index contributed by atoms with van der Waals surface area (Å²) >= 11 is 0. The van der Waals surface area contributed by atoms with Crippen LogP contribution in [0.5, 0.6) is 5.88 Å². The monoisotopic (exact) mass is 291 g/mol. The minimum atomic E-state index is -0.798. The van der Waals surface area contributed by atoms with Crippen molar-refractivity contribution in [1.82, 2.24) is 9.97 Å². The maximum absolute atomic E-state index is 11.3. The maximum Gasteiger partial charge on any atom is 0.326 e. The standard InChI is InChI=1S/C15H21N3O3/c19-15(20)12-7-4-8-18(12)13-9-16-10-14(17-13)21-11-5-2-1-3-6-11/h9-12H,1-8H2,(H,19,20)/t12-/m0/s1. The Morgan fingerprint density at radius 1 is 1.19 bits per heavy atom. The quantitative estimate of drug-likeness (QED) is 0.917. The van der Waals surface area contributed by atoms with Gasteiger partial charge in [-0.15, -0.1) is 0 Å². The van der Waals surface area contributed by atoms with Crippen molar-refractivity contribution in [3.8, 4) is 5.88 Å². The van der Waals surface area contributed by atoms with Crippen LogP contribution in [0.15, 0.2) is 12.4 Å². The number of aromatic nitrogens is 2. The van der Waals surface area contributed by atoms with Crippen LogP contribution in [0.1, 0.15) is 44.9 Å². The van der Waals surface area contributed by atoms with Gasteiger partial charge in [-0.3, -0.25) is 4.98 Å². The Hall–Kier alpha value is -1.85. The van der Waals surface area contributed by atoms with Gasteiger partial charge in [0.1, 0.15) is 12.1 Å². The summed E-state index contributed by atoms with van der Waals surface area (Å²) in [5, 5.41) is 9.25. The van der Waals surface area contributed by atoms with E-state index < -0.39 is 12.0 Å². The molecule has 1 aromatic rings. The van der Waals surface area contributed by atoms with Crippen molar-refractivity contribution in [1.29, 1.82) is 0 Å². The molecule has 0 unspecified atom stereocenters. The summed E-state index contributed by atoms with van der Waals surface area (Å²) in [6.45, 7) is 0.707. The van der Waals surface area contributed by atoms with Crippen LogP contribution in [0.2, 0.25) is 0 Å². The molecule has 0 bridgehead atoms. The lowest BCUT2D eigenvalue weighted by Crippen LogP contribution is -2.36. The number of carbonyl (C=O) groups is 1. The number of hydrogen-bond donors (Lipinski definition) is 1. The molecule has 1 N–H and O–H groups in total. The van der Waals surface area contributed by atoms with Gasteiger partial charge in [0.15, 0.2) is 5.82 Å². The highest BCUT2D eigenvalue weighted by atomic mass is 16.5. The number of carboxylic acids is 1. The fourth-order valence-corrected chi connectivity index (χ4v) is 3.18. The molecular weight excluding hydrogens is 270 g/mol. The lowest BCUT2D eigenvalue weighted by Gasteiger charge is -2.24. The van der Waals surface area contributed by atoms with Crippen molar-refractivity contribution in [3.63, 3.8) is 0 Å². The highest BCUT2D eigenvalue weighted by Gasteiger charge is 2.31. The van der Waals surface area contributed by atoms with E-state index in [2.05, 4.69) is 9.97 Å². The first-order chi connectivity index (χ1) is 10.2. The van der Waals surface area contributed by atoms with Crippen molar-refractivity contribution < 1.29 is 14.6 Å². The van der Waals surface area contributed by atoms with Crippen molar-refractivity contribution in [2.45, 2.75) is 57.1 Å². The van der Waals surface area contributed by atoms with E-state index in [1.165, 1.54) is 19.3 Å². The number of anilines is 1. The highest BCUT2D eigenvalue weighted by molar-refractivity contribution is 5.78. The molecule has 1 aromatic heterocycles. The first-order valence-corrected chi connectivity index (χ1v) is 7.72. The van der Waals surface area contributed by atoms with Gasteiger partial charge in [0.25, 0.3) is 0 Å². The van der Waals surface area contributed by atoms with Crippen LogP contribution in [-0.2, 0) is 4.79 Å². The second-order valence-electron chi connectivity index (χ2n) is 5.78. The Morgan fingerprint density at radius 2 is 2.00 bits per heavy atom. The predicted octanol–water partition coefficient (Wildman–Crippen LogP) is 2.24. The lowest BCUT2D eigenvalue weighted by molar-refractivity contribution is -0.138. The van der Waals surface area contributed by atoms with Gasteiger partial charge in [0.05, 0.1) is 12.4 Å². The van der Waals surface area contributed by atoms with Gasteiger partial charge < -0.3 is 14.7 Å². The normalized spacial score (nSPS) is 23.2. The van der Waals surface area contributed by atoms with Crippen LogP contribution in [0.3, 0.4) is 0 Å². The van der Waals surface area contributed by atoms with Gasteiger partial charge >= 0.3 is 5.97 Å².